The van der Waals surface area contributed by atoms with Gasteiger partial charge < -0.3 is 9.67 Å². The van der Waals surface area contributed by atoms with E-state index in [2.05, 4.69) is 22.2 Å². The van der Waals surface area contributed by atoms with Gasteiger partial charge in [-0.05, 0) is 12.1 Å². The molecule has 0 bridgehead atoms. The number of unbranched alkanes of at least 4 members (excludes halogenated alkanes) is 1. The van der Waals surface area contributed by atoms with Crippen molar-refractivity contribution in [3.63, 3.8) is 0 Å². The third-order valence-corrected chi connectivity index (χ3v) is 4.04. The van der Waals surface area contributed by atoms with E-state index >= 15 is 0 Å². The van der Waals surface area contributed by atoms with Crippen LogP contribution in [0.15, 0.2) is 48.5 Å². The van der Waals surface area contributed by atoms with E-state index in [0.29, 0.717) is 0 Å². The van der Waals surface area contributed by atoms with Gasteiger partial charge in [0.2, 0.25) is 0 Å². The van der Waals surface area contributed by atoms with Gasteiger partial charge in [0.25, 0.3) is 0 Å². The van der Waals surface area contributed by atoms with Gasteiger partial charge in [0.15, 0.2) is 0 Å². The Morgan fingerprint density at radius 1 is 1.04 bits per heavy atom. The van der Waals surface area contributed by atoms with Gasteiger partial charge >= 0.3 is 18.9 Å². The van der Waals surface area contributed by atoms with Crippen LogP contribution in [0, 0.1) is 6.04 Å². The van der Waals surface area contributed by atoms with E-state index in [1.807, 2.05) is 53.2 Å². The van der Waals surface area contributed by atoms with Crippen LogP contribution in [0.4, 0.5) is 0 Å². The third-order valence-electron chi connectivity index (χ3n) is 4.04. The van der Waals surface area contributed by atoms with Crippen molar-refractivity contribution < 1.29 is 18.9 Å². The molecule has 0 aliphatic heterocycles. The molecular formula is C18H18LiN5. The van der Waals surface area contributed by atoms with Crippen molar-refractivity contribution in [2.75, 3.05) is 0 Å². The molecule has 0 atom stereocenters. The Morgan fingerprint density at radius 3 is 2.58 bits per heavy atom. The number of imidazole rings is 1. The summed E-state index contributed by atoms with van der Waals surface area (Å²) >= 11 is 0. The van der Waals surface area contributed by atoms with Gasteiger partial charge in [0.05, 0.1) is 16.9 Å². The van der Waals surface area contributed by atoms with Crippen LogP contribution in [0.5, 0.6) is 0 Å². The molecule has 0 aliphatic carbocycles. The number of hydrogen-bond donors (Lipinski definition) is 1. The number of nitrogens with one attached hydrogen (secondary N) is 1. The van der Waals surface area contributed by atoms with E-state index in [1.165, 1.54) is 0 Å². The van der Waals surface area contributed by atoms with Crippen LogP contribution in [-0.2, 0) is 0 Å². The van der Waals surface area contributed by atoms with Crippen LogP contribution in [0.2, 0.25) is 0 Å². The summed E-state index contributed by atoms with van der Waals surface area (Å²) in [6, 6.07) is 17.2. The number of hydrogen-bond acceptors (Lipinski definition) is 3. The molecule has 0 radical (unpaired) electrons. The Balaban J connectivity index is 0.00000169. The van der Waals surface area contributed by atoms with Crippen molar-refractivity contribution in [3.05, 3.63) is 60.4 Å². The molecule has 116 valence electrons. The summed E-state index contributed by atoms with van der Waals surface area (Å²) in [5.74, 6) is 0.871. The molecule has 0 saturated heterocycles. The fraction of sp³-hybridized carbons (Fsp3) is 0.222. The predicted octanol–water partition coefficient (Wildman–Crippen LogP) is 0.930. The second kappa shape index (κ2) is 7.12. The van der Waals surface area contributed by atoms with Gasteiger partial charge in [-0.15, -0.1) is 6.07 Å². The monoisotopic (exact) mass is 311 g/mol. The largest absolute Gasteiger partial charge is 1.00 e. The topological polar surface area (TPSA) is 59.4 Å². The molecule has 4 aromatic rings. The van der Waals surface area contributed by atoms with Crippen LogP contribution in [0.25, 0.3) is 22.1 Å². The zero-order chi connectivity index (χ0) is 15.6. The summed E-state index contributed by atoms with van der Waals surface area (Å²) in [4.78, 5) is 8.17. The first-order valence-electron chi connectivity index (χ1n) is 7.98. The molecule has 0 aliphatic rings. The number of aromatic amines is 1. The zero-order valence-electron chi connectivity index (χ0n) is 14.0. The van der Waals surface area contributed by atoms with E-state index in [-0.39, 0.29) is 18.9 Å². The summed E-state index contributed by atoms with van der Waals surface area (Å²) < 4.78 is 1.92. The van der Waals surface area contributed by atoms with Gasteiger partial charge in [-0.2, -0.15) is 5.10 Å². The smallest absolute Gasteiger partial charge is 0.368 e. The number of rotatable bonds is 5. The van der Waals surface area contributed by atoms with Crippen LogP contribution >= 0.6 is 0 Å². The maximum atomic E-state index is 4.75. The van der Waals surface area contributed by atoms with Gasteiger partial charge in [-0.3, -0.25) is 0 Å². The first kappa shape index (κ1) is 16.6. The van der Waals surface area contributed by atoms with Crippen molar-refractivity contribution >= 4 is 22.1 Å². The standard InChI is InChI=1S/C18H18N5.Li/c1-2-3-11-17(18-19-13-8-4-5-9-14(13)20-18)23-16-12-7-6-10-15(16)21-22-23;/h4-10,12H,2-3,11H2,1H3,(H,19,20);/q-1;+1. The van der Waals surface area contributed by atoms with E-state index in [0.717, 1.165) is 53.2 Å². The Hall–Kier alpha value is -2.22. The van der Waals surface area contributed by atoms with Crippen molar-refractivity contribution in [2.45, 2.75) is 26.2 Å². The molecule has 4 rings (SSSR count). The second-order valence-corrected chi connectivity index (χ2v) is 5.64. The average Bonchev–Trinajstić information content (AvgIpc) is 3.20. The zero-order valence-corrected chi connectivity index (χ0v) is 14.0. The maximum absolute atomic E-state index is 4.75. The summed E-state index contributed by atoms with van der Waals surface area (Å²) in [7, 11) is 0. The van der Waals surface area contributed by atoms with Gasteiger partial charge in [-0.1, -0.05) is 73.3 Å². The summed E-state index contributed by atoms with van der Waals surface area (Å²) in [5.41, 5.74) is 3.93. The molecule has 5 nitrogen and oxygen atoms in total. The van der Waals surface area contributed by atoms with Crippen molar-refractivity contribution in [2.24, 2.45) is 0 Å². The summed E-state index contributed by atoms with van der Waals surface area (Å²) in [5, 5.41) is 8.64. The van der Waals surface area contributed by atoms with Crippen LogP contribution in [-0.4, -0.2) is 25.0 Å². The van der Waals surface area contributed by atoms with E-state index in [4.69, 9.17) is 4.98 Å². The van der Waals surface area contributed by atoms with Crippen LogP contribution in [0.1, 0.15) is 32.0 Å². The molecule has 0 amide bonds. The molecule has 6 heteroatoms. The summed E-state index contributed by atoms with van der Waals surface area (Å²) in [6.45, 7) is 2.19. The van der Waals surface area contributed by atoms with Gasteiger partial charge in [0, 0.05) is 5.52 Å². The molecule has 0 spiro atoms. The summed E-state index contributed by atoms with van der Waals surface area (Å²) in [6.07, 6.45) is 3.11. The predicted molar refractivity (Wildman–Crippen MR) is 90.9 cm³/mol. The van der Waals surface area contributed by atoms with Crippen molar-refractivity contribution in [3.8, 4) is 0 Å². The van der Waals surface area contributed by atoms with Gasteiger partial charge in [-0.25, -0.2) is 4.98 Å². The number of nitrogens with zero attached hydrogens (tertiary/aromatic N) is 4. The number of aromatic nitrogens is 5. The number of para-hydroxylation sites is 3. The molecular weight excluding hydrogens is 293 g/mol. The van der Waals surface area contributed by atoms with E-state index < -0.39 is 0 Å². The average molecular weight is 311 g/mol. The first-order chi connectivity index (χ1) is 11.4. The van der Waals surface area contributed by atoms with Gasteiger partial charge in [0.1, 0.15) is 0 Å². The van der Waals surface area contributed by atoms with E-state index in [9.17, 15) is 0 Å². The van der Waals surface area contributed by atoms with Crippen molar-refractivity contribution in [1.29, 1.82) is 0 Å². The minimum Gasteiger partial charge on any atom is -0.368 e. The Kier molecular flexibility index (Phi) is 4.94. The number of fused-ring (bicyclic) bond motifs is 2. The number of H-pyrrole nitrogens is 1. The van der Waals surface area contributed by atoms with E-state index in [1.54, 1.807) is 0 Å². The maximum Gasteiger partial charge on any atom is 1.00 e. The Morgan fingerprint density at radius 2 is 1.79 bits per heavy atom. The fourth-order valence-electron chi connectivity index (χ4n) is 2.83. The Labute approximate surface area is 152 Å². The molecule has 0 unspecified atom stereocenters. The molecule has 2 aromatic carbocycles. The Bertz CT molecular complexity index is 910. The minimum absolute atomic E-state index is 0. The molecule has 2 aromatic heterocycles. The van der Waals surface area contributed by atoms with Crippen LogP contribution in [0.3, 0.4) is 0 Å². The van der Waals surface area contributed by atoms with Crippen LogP contribution < -0.4 is 18.9 Å². The second-order valence-electron chi connectivity index (χ2n) is 5.64. The third kappa shape index (κ3) is 2.93. The van der Waals surface area contributed by atoms with Crippen molar-refractivity contribution in [1.82, 2.24) is 25.0 Å². The SMILES string of the molecule is CCCC[C-](c1nc2ccccc2[nH]1)n1nnc2ccccc21.[Li+]. The number of benzene rings is 2. The molecule has 24 heavy (non-hydrogen) atoms. The first-order valence-corrected chi connectivity index (χ1v) is 7.98. The normalized spacial score (nSPS) is 10.9. The minimum atomic E-state index is 0. The fourth-order valence-corrected chi connectivity index (χ4v) is 2.83. The molecule has 0 fully saturated rings. The quantitative estimate of drug-likeness (QED) is 0.441. The molecule has 1 N–H and O–H groups in total. The molecule has 0 saturated carbocycles. The molecule has 2 heterocycles.